The minimum atomic E-state index is -0.0862. The molecule has 1 aromatic rings. The van der Waals surface area contributed by atoms with Crippen molar-refractivity contribution in [2.45, 2.75) is 13.3 Å². The highest BCUT2D eigenvalue weighted by Crippen LogP contribution is 2.39. The van der Waals surface area contributed by atoms with E-state index in [0.29, 0.717) is 19.1 Å². The van der Waals surface area contributed by atoms with Gasteiger partial charge >= 0.3 is 5.97 Å². The first-order valence-corrected chi connectivity index (χ1v) is 6.55. The molecule has 1 aromatic carbocycles. The van der Waals surface area contributed by atoms with E-state index in [1.54, 1.807) is 0 Å². The predicted octanol–water partition coefficient (Wildman–Crippen LogP) is 3.03. The Labute approximate surface area is 109 Å². The zero-order chi connectivity index (χ0) is 12.3. The zero-order valence-corrected chi connectivity index (χ0v) is 11.3. The first-order chi connectivity index (χ1) is 8.20. The van der Waals surface area contributed by atoms with Crippen LogP contribution in [0.2, 0.25) is 0 Å². The van der Waals surface area contributed by atoms with Crippen molar-refractivity contribution in [2.75, 3.05) is 13.2 Å². The van der Waals surface area contributed by atoms with Crippen LogP contribution < -0.4 is 4.74 Å². The fourth-order valence-corrected chi connectivity index (χ4v) is 1.97. The van der Waals surface area contributed by atoms with Crippen molar-refractivity contribution in [3.63, 3.8) is 0 Å². The lowest BCUT2D eigenvalue weighted by Crippen LogP contribution is -2.10. The Bertz CT molecular complexity index is 388. The maximum atomic E-state index is 11.4. The number of hydrogen-bond donors (Lipinski definition) is 0. The van der Waals surface area contributed by atoms with Gasteiger partial charge in [-0.15, -0.1) is 0 Å². The molecule has 1 saturated carbocycles. The van der Waals surface area contributed by atoms with Gasteiger partial charge in [0.1, 0.15) is 5.75 Å². The van der Waals surface area contributed by atoms with Crippen LogP contribution in [0.5, 0.6) is 5.75 Å². The monoisotopic (exact) mass is 298 g/mol. The van der Waals surface area contributed by atoms with E-state index in [-0.39, 0.29) is 11.9 Å². The smallest absolute Gasteiger partial charge is 0.309 e. The first-order valence-electron chi connectivity index (χ1n) is 5.75. The van der Waals surface area contributed by atoms with Crippen LogP contribution in [0.15, 0.2) is 28.7 Å². The normalized spacial score (nSPS) is 22.0. The lowest BCUT2D eigenvalue weighted by atomic mass is 10.3. The van der Waals surface area contributed by atoms with E-state index in [9.17, 15) is 4.79 Å². The summed E-state index contributed by atoms with van der Waals surface area (Å²) >= 11 is 3.37. The summed E-state index contributed by atoms with van der Waals surface area (Å²) in [4.78, 5) is 11.4. The van der Waals surface area contributed by atoms with E-state index in [1.807, 2.05) is 31.2 Å². The van der Waals surface area contributed by atoms with E-state index in [0.717, 1.165) is 16.6 Å². The van der Waals surface area contributed by atoms with E-state index >= 15 is 0 Å². The van der Waals surface area contributed by atoms with Crippen LogP contribution >= 0.6 is 15.9 Å². The molecule has 0 unspecified atom stereocenters. The third-order valence-electron chi connectivity index (χ3n) is 2.79. The number of halogens is 1. The molecular formula is C13H15BrO3. The first kappa shape index (κ1) is 12.4. The van der Waals surface area contributed by atoms with Gasteiger partial charge < -0.3 is 9.47 Å². The van der Waals surface area contributed by atoms with Crippen LogP contribution in [-0.4, -0.2) is 19.2 Å². The Morgan fingerprint density at radius 3 is 2.76 bits per heavy atom. The summed E-state index contributed by atoms with van der Waals surface area (Å²) < 4.78 is 11.6. The summed E-state index contributed by atoms with van der Waals surface area (Å²) in [5.41, 5.74) is 0. The van der Waals surface area contributed by atoms with Gasteiger partial charge in [0.05, 0.1) is 19.1 Å². The van der Waals surface area contributed by atoms with Crippen molar-refractivity contribution in [1.29, 1.82) is 0 Å². The maximum Gasteiger partial charge on any atom is 0.309 e. The quantitative estimate of drug-likeness (QED) is 0.784. The highest BCUT2D eigenvalue weighted by molar-refractivity contribution is 9.10. The summed E-state index contributed by atoms with van der Waals surface area (Å²) in [5.74, 6) is 1.11. The highest BCUT2D eigenvalue weighted by atomic mass is 79.9. The van der Waals surface area contributed by atoms with Crippen molar-refractivity contribution in [1.82, 2.24) is 0 Å². The van der Waals surface area contributed by atoms with Crippen molar-refractivity contribution in [3.8, 4) is 5.75 Å². The summed E-state index contributed by atoms with van der Waals surface area (Å²) in [7, 11) is 0. The van der Waals surface area contributed by atoms with Gasteiger partial charge in [-0.3, -0.25) is 4.79 Å². The molecular weight excluding hydrogens is 284 g/mol. The molecule has 3 nitrogen and oxygen atoms in total. The average molecular weight is 299 g/mol. The number of carbonyl (C=O) groups excluding carboxylic acids is 1. The molecule has 0 heterocycles. The summed E-state index contributed by atoms with van der Waals surface area (Å²) in [5, 5.41) is 0. The Morgan fingerprint density at radius 1 is 1.41 bits per heavy atom. The topological polar surface area (TPSA) is 35.5 Å². The zero-order valence-electron chi connectivity index (χ0n) is 9.69. The van der Waals surface area contributed by atoms with E-state index in [4.69, 9.17) is 9.47 Å². The lowest BCUT2D eigenvalue weighted by molar-refractivity contribution is -0.145. The molecule has 2 rings (SSSR count). The van der Waals surface area contributed by atoms with Crippen LogP contribution in [0.4, 0.5) is 0 Å². The van der Waals surface area contributed by atoms with Gasteiger partial charge in [0.15, 0.2) is 0 Å². The Balaban J connectivity index is 1.74. The van der Waals surface area contributed by atoms with Crippen LogP contribution in [-0.2, 0) is 9.53 Å². The van der Waals surface area contributed by atoms with Gasteiger partial charge in [-0.1, -0.05) is 15.9 Å². The molecule has 17 heavy (non-hydrogen) atoms. The van der Waals surface area contributed by atoms with Crippen molar-refractivity contribution in [3.05, 3.63) is 28.7 Å². The molecule has 0 bridgehead atoms. The van der Waals surface area contributed by atoms with Gasteiger partial charge in [-0.2, -0.15) is 0 Å². The van der Waals surface area contributed by atoms with Crippen molar-refractivity contribution in [2.24, 2.45) is 11.8 Å². The minimum absolute atomic E-state index is 0.0467. The number of rotatable bonds is 5. The summed E-state index contributed by atoms with van der Waals surface area (Å²) in [6, 6.07) is 7.69. The molecule has 92 valence electrons. The molecule has 0 aliphatic heterocycles. The molecule has 0 aromatic heterocycles. The van der Waals surface area contributed by atoms with Gasteiger partial charge in [0.25, 0.3) is 0 Å². The molecule has 1 aliphatic carbocycles. The van der Waals surface area contributed by atoms with Gasteiger partial charge in [0, 0.05) is 10.4 Å². The fourth-order valence-electron chi connectivity index (χ4n) is 1.70. The Hall–Kier alpha value is -1.03. The predicted molar refractivity (Wildman–Crippen MR) is 67.9 cm³/mol. The van der Waals surface area contributed by atoms with Gasteiger partial charge in [0.2, 0.25) is 0 Å². The van der Waals surface area contributed by atoms with Gasteiger partial charge in [-0.25, -0.2) is 0 Å². The van der Waals surface area contributed by atoms with E-state index in [1.165, 1.54) is 0 Å². The molecule has 1 aliphatic rings. The maximum absolute atomic E-state index is 11.4. The SMILES string of the molecule is CCOC(=O)[C@@H]1C[C@H]1COc1ccc(Br)cc1. The second kappa shape index (κ2) is 5.54. The summed E-state index contributed by atoms with van der Waals surface area (Å²) in [6.07, 6.45) is 0.884. The van der Waals surface area contributed by atoms with Gasteiger partial charge in [-0.05, 0) is 37.6 Å². The second-order valence-corrected chi connectivity index (χ2v) is 5.03. The number of ether oxygens (including phenoxy) is 2. The number of hydrogen-bond acceptors (Lipinski definition) is 3. The van der Waals surface area contributed by atoms with Crippen LogP contribution in [0.25, 0.3) is 0 Å². The standard InChI is InChI=1S/C13H15BrO3/c1-2-16-13(15)12-7-9(12)8-17-11-5-3-10(14)4-6-11/h3-6,9,12H,2,7-8H2,1H3/t9-,12+/m0/s1. The number of esters is 1. The minimum Gasteiger partial charge on any atom is -0.493 e. The fraction of sp³-hybridized carbons (Fsp3) is 0.462. The van der Waals surface area contributed by atoms with Crippen LogP contribution in [0.3, 0.4) is 0 Å². The van der Waals surface area contributed by atoms with Crippen LogP contribution in [0.1, 0.15) is 13.3 Å². The van der Waals surface area contributed by atoms with Crippen molar-refractivity contribution < 1.29 is 14.3 Å². The molecule has 0 N–H and O–H groups in total. The third kappa shape index (κ3) is 3.46. The summed E-state index contributed by atoms with van der Waals surface area (Å²) in [6.45, 7) is 2.87. The second-order valence-electron chi connectivity index (χ2n) is 4.12. The molecule has 0 saturated heterocycles. The molecule has 1 fully saturated rings. The van der Waals surface area contributed by atoms with Crippen LogP contribution in [0, 0.1) is 11.8 Å². The highest BCUT2D eigenvalue weighted by Gasteiger charge is 2.44. The molecule has 2 atom stereocenters. The van der Waals surface area contributed by atoms with Crippen molar-refractivity contribution >= 4 is 21.9 Å². The van der Waals surface area contributed by atoms with E-state index < -0.39 is 0 Å². The largest absolute Gasteiger partial charge is 0.493 e. The Morgan fingerprint density at radius 2 is 2.12 bits per heavy atom. The average Bonchev–Trinajstić information content (AvgIpc) is 3.08. The molecule has 4 heteroatoms. The molecule has 0 radical (unpaired) electrons. The molecule has 0 amide bonds. The van der Waals surface area contributed by atoms with E-state index in [2.05, 4.69) is 15.9 Å². The lowest BCUT2D eigenvalue weighted by Gasteiger charge is -2.05. The molecule has 0 spiro atoms. The number of carbonyl (C=O) groups is 1. The number of benzene rings is 1. The third-order valence-corrected chi connectivity index (χ3v) is 3.32. The Kier molecular flexibility index (Phi) is 4.05.